The normalized spacial score (nSPS) is 29.3. The first-order chi connectivity index (χ1) is 19.8. The number of thioether (sulfide) groups is 1. The molecular formula is C30H27BrN2O6S2. The number of nitrogens with one attached hydrogen (secondary N) is 1. The number of ether oxygens (including phenoxy) is 2. The Morgan fingerprint density at radius 3 is 2.54 bits per heavy atom. The van der Waals surface area contributed by atoms with Crippen LogP contribution < -0.4 is 14.5 Å². The molecule has 6 unspecified atom stereocenters. The Bertz CT molecular complexity index is 1630. The Morgan fingerprint density at radius 1 is 1.07 bits per heavy atom. The predicted molar refractivity (Wildman–Crippen MR) is 158 cm³/mol. The minimum Gasteiger partial charge on any atom is -0.482 e. The average molecular weight is 656 g/mol. The van der Waals surface area contributed by atoms with Crippen LogP contribution in [0.1, 0.15) is 35.3 Å². The van der Waals surface area contributed by atoms with Crippen molar-refractivity contribution in [3.8, 4) is 5.75 Å². The van der Waals surface area contributed by atoms with Crippen LogP contribution in [-0.2, 0) is 19.1 Å². The van der Waals surface area contributed by atoms with E-state index < -0.39 is 11.9 Å². The monoisotopic (exact) mass is 654 g/mol. The van der Waals surface area contributed by atoms with Crippen molar-refractivity contribution >= 4 is 62.5 Å². The molecule has 2 aromatic carbocycles. The van der Waals surface area contributed by atoms with Gasteiger partial charge in [-0.15, -0.1) is 11.8 Å². The van der Waals surface area contributed by atoms with Gasteiger partial charge in [-0.2, -0.15) is 0 Å². The summed E-state index contributed by atoms with van der Waals surface area (Å²) in [6, 6.07) is 13.2. The van der Waals surface area contributed by atoms with Crippen molar-refractivity contribution < 1.29 is 23.9 Å². The topological polar surface area (TPSA) is 106 Å². The molecule has 4 aliphatic rings. The van der Waals surface area contributed by atoms with Gasteiger partial charge in [-0.25, -0.2) is 4.79 Å². The van der Waals surface area contributed by atoms with Gasteiger partial charge in [0, 0.05) is 26.1 Å². The Labute approximate surface area is 252 Å². The first kappa shape index (κ1) is 27.0. The van der Waals surface area contributed by atoms with E-state index in [4.69, 9.17) is 9.47 Å². The molecule has 8 nitrogen and oxygen atoms in total. The largest absolute Gasteiger partial charge is 0.482 e. The van der Waals surface area contributed by atoms with Crippen molar-refractivity contribution in [1.29, 1.82) is 0 Å². The van der Waals surface area contributed by atoms with Crippen molar-refractivity contribution in [2.45, 2.75) is 36.5 Å². The highest BCUT2D eigenvalue weighted by Crippen LogP contribution is 2.69. The molecule has 11 heteroatoms. The molecule has 0 radical (unpaired) electrons. The fraction of sp³-hybridized carbons (Fsp3) is 0.400. The summed E-state index contributed by atoms with van der Waals surface area (Å²) in [5.41, 5.74) is 2.54. The highest BCUT2D eigenvalue weighted by Gasteiger charge is 2.69. The Hall–Kier alpha value is -2.89. The maximum Gasteiger partial charge on any atom is 0.344 e. The number of thiazole rings is 1. The molecule has 2 aliphatic carbocycles. The number of carbonyl (C=O) groups excluding carboxylic acids is 3. The van der Waals surface area contributed by atoms with E-state index in [0.717, 1.165) is 31.9 Å². The second kappa shape index (κ2) is 10.1. The van der Waals surface area contributed by atoms with Crippen LogP contribution in [0.5, 0.6) is 5.75 Å². The lowest BCUT2D eigenvalue weighted by Crippen LogP contribution is -2.42. The van der Waals surface area contributed by atoms with Crippen LogP contribution in [0.2, 0.25) is 0 Å². The lowest BCUT2D eigenvalue weighted by atomic mass is 9.68. The van der Waals surface area contributed by atoms with E-state index in [2.05, 4.69) is 20.9 Å². The van der Waals surface area contributed by atoms with E-state index in [0.29, 0.717) is 11.4 Å². The Balaban J connectivity index is 1.30. The van der Waals surface area contributed by atoms with Crippen molar-refractivity contribution in [2.24, 2.45) is 29.6 Å². The highest BCUT2D eigenvalue weighted by molar-refractivity contribution is 9.10. The van der Waals surface area contributed by atoms with E-state index in [1.54, 1.807) is 18.7 Å². The lowest BCUT2D eigenvalue weighted by molar-refractivity contribution is -0.145. The zero-order valence-corrected chi connectivity index (χ0v) is 25.5. The third kappa shape index (κ3) is 4.22. The van der Waals surface area contributed by atoms with E-state index in [-0.39, 0.29) is 64.7 Å². The summed E-state index contributed by atoms with van der Waals surface area (Å²) in [4.78, 5) is 57.7. The van der Waals surface area contributed by atoms with Gasteiger partial charge in [-0.05, 0) is 68.4 Å². The molecule has 3 fully saturated rings. The molecule has 0 spiro atoms. The first-order valence-electron chi connectivity index (χ1n) is 13.7. The number of halogens is 1. The zero-order chi connectivity index (χ0) is 28.6. The second-order valence-electron chi connectivity index (χ2n) is 11.1. The number of benzene rings is 2. The molecule has 212 valence electrons. The summed E-state index contributed by atoms with van der Waals surface area (Å²) in [7, 11) is 0. The van der Waals surface area contributed by atoms with Gasteiger partial charge in [0.2, 0.25) is 11.8 Å². The summed E-state index contributed by atoms with van der Waals surface area (Å²) < 4.78 is 11.9. The van der Waals surface area contributed by atoms with E-state index in [9.17, 15) is 19.2 Å². The molecule has 3 heterocycles. The summed E-state index contributed by atoms with van der Waals surface area (Å²) in [6.07, 6.45) is 0.791. The summed E-state index contributed by atoms with van der Waals surface area (Å²) in [5, 5.41) is 0.870. The summed E-state index contributed by atoms with van der Waals surface area (Å²) >= 11 is 6.43. The van der Waals surface area contributed by atoms with Crippen LogP contribution >= 0.6 is 39.0 Å². The minimum absolute atomic E-state index is 0.0131. The number of carbonyl (C=O) groups is 3. The molecule has 2 amide bonds. The maximum absolute atomic E-state index is 14.0. The number of esters is 1. The van der Waals surface area contributed by atoms with Crippen LogP contribution in [0.4, 0.5) is 5.69 Å². The quantitative estimate of drug-likeness (QED) is 0.290. The smallest absolute Gasteiger partial charge is 0.344 e. The van der Waals surface area contributed by atoms with E-state index >= 15 is 0 Å². The fourth-order valence-electron chi connectivity index (χ4n) is 7.55. The zero-order valence-electron chi connectivity index (χ0n) is 22.3. The van der Waals surface area contributed by atoms with Crippen LogP contribution in [0, 0.1) is 36.5 Å². The standard InChI is InChI=1S/C30H27BrN2O6S2/c1-3-38-20(34)12-39-19-9-6-14(31)10-16(19)21-22-17-11-18(25(22)40-27-26(21)41-30(37)32-27)24-23(17)28(35)33(29(24)36)15-7-4-13(2)5-8-15/h4-10,17-18,21-25H,3,11-12H2,1-2H3,(H,32,37)/t17?,18?,21-,22?,23?,24?,25?/m1/s1. The molecule has 41 heavy (non-hydrogen) atoms. The molecule has 7 rings (SSSR count). The molecule has 2 bridgehead atoms. The molecule has 1 aromatic heterocycles. The van der Waals surface area contributed by atoms with Gasteiger partial charge in [0.25, 0.3) is 0 Å². The number of aryl methyl sites for hydroxylation is 1. The van der Waals surface area contributed by atoms with Crippen molar-refractivity contribution in [1.82, 2.24) is 4.98 Å². The molecule has 1 N–H and O–H groups in total. The maximum atomic E-state index is 14.0. The molecule has 3 aromatic rings. The van der Waals surface area contributed by atoms with Gasteiger partial charge in [-0.1, -0.05) is 45.0 Å². The third-order valence-electron chi connectivity index (χ3n) is 8.97. The molecule has 2 aliphatic heterocycles. The van der Waals surface area contributed by atoms with Gasteiger partial charge in [0.1, 0.15) is 5.75 Å². The Kier molecular flexibility index (Phi) is 6.67. The number of rotatable bonds is 6. The number of amides is 2. The summed E-state index contributed by atoms with van der Waals surface area (Å²) in [6.45, 7) is 3.75. The summed E-state index contributed by atoms with van der Waals surface area (Å²) in [5.74, 6) is -1.15. The van der Waals surface area contributed by atoms with E-state index in [1.165, 1.54) is 16.2 Å². The molecule has 7 atom stereocenters. The second-order valence-corrected chi connectivity index (χ2v) is 14.2. The highest BCUT2D eigenvalue weighted by atomic mass is 79.9. The molecular weight excluding hydrogens is 628 g/mol. The van der Waals surface area contributed by atoms with Gasteiger partial charge in [0.05, 0.1) is 29.2 Å². The van der Waals surface area contributed by atoms with Gasteiger partial charge in [0.15, 0.2) is 6.61 Å². The van der Waals surface area contributed by atoms with Gasteiger partial charge >= 0.3 is 10.8 Å². The number of H-pyrrole nitrogens is 1. The third-order valence-corrected chi connectivity index (χ3v) is 12.1. The van der Waals surface area contributed by atoms with Crippen molar-refractivity contribution in [2.75, 3.05) is 18.1 Å². The molecule has 2 saturated carbocycles. The van der Waals surface area contributed by atoms with Crippen LogP contribution in [0.25, 0.3) is 0 Å². The average Bonchev–Trinajstić information content (AvgIpc) is 3.67. The van der Waals surface area contributed by atoms with Crippen LogP contribution in [-0.4, -0.2) is 41.2 Å². The molecule has 1 saturated heterocycles. The fourth-order valence-corrected chi connectivity index (χ4v) is 10.8. The lowest BCUT2D eigenvalue weighted by Gasteiger charge is -2.43. The van der Waals surface area contributed by atoms with Gasteiger partial charge < -0.3 is 14.5 Å². The number of hydrogen-bond donors (Lipinski definition) is 1. The number of aromatic nitrogens is 1. The predicted octanol–water partition coefficient (Wildman–Crippen LogP) is 5.13. The van der Waals surface area contributed by atoms with Crippen LogP contribution in [0.15, 0.2) is 56.8 Å². The number of anilines is 1. The first-order valence-corrected chi connectivity index (χ1v) is 16.2. The van der Waals surface area contributed by atoms with E-state index in [1.807, 2.05) is 49.4 Å². The minimum atomic E-state index is -0.459. The number of imide groups is 1. The number of nitrogens with zero attached hydrogens (tertiary/aromatic N) is 1. The van der Waals surface area contributed by atoms with Crippen molar-refractivity contribution in [3.05, 3.63) is 72.6 Å². The van der Waals surface area contributed by atoms with Crippen LogP contribution in [0.3, 0.4) is 0 Å². The van der Waals surface area contributed by atoms with Crippen molar-refractivity contribution in [3.63, 3.8) is 0 Å². The Morgan fingerprint density at radius 2 is 1.80 bits per heavy atom. The SMILES string of the molecule is CCOC(=O)COc1ccc(Br)cc1[C@H]1c2sc(=O)[nH]c2SC2C3CC(C4C(=O)N(c5ccc(C)cc5)C(=O)C34)C21. The number of fused-ring (bicyclic) bond motifs is 9. The number of aromatic amines is 1. The number of hydrogen-bond acceptors (Lipinski definition) is 8. The van der Waals surface area contributed by atoms with Gasteiger partial charge in [-0.3, -0.25) is 19.3 Å².